The van der Waals surface area contributed by atoms with Gasteiger partial charge in [0.2, 0.25) is 6.23 Å². The molecule has 0 aliphatic carbocycles. The van der Waals surface area contributed by atoms with E-state index in [0.29, 0.717) is 32.6 Å². The van der Waals surface area contributed by atoms with Crippen LogP contribution in [-0.2, 0) is 4.79 Å². The lowest BCUT2D eigenvalue weighted by Crippen LogP contribution is -2.24. The molecule has 5 nitrogen and oxygen atoms in total. The Kier molecular flexibility index (Phi) is 6.34. The SMILES string of the molecule is CCO.O=C1Nc2ccc(Cl)cc2C(c2ccccc2Cl)=NC1O. The van der Waals surface area contributed by atoms with E-state index in [4.69, 9.17) is 28.3 Å². The van der Waals surface area contributed by atoms with Crippen molar-refractivity contribution in [3.8, 4) is 0 Å². The van der Waals surface area contributed by atoms with Gasteiger partial charge < -0.3 is 15.5 Å². The highest BCUT2D eigenvalue weighted by Gasteiger charge is 2.25. The largest absolute Gasteiger partial charge is 0.397 e. The van der Waals surface area contributed by atoms with Gasteiger partial charge in [-0.25, -0.2) is 4.99 Å². The lowest BCUT2D eigenvalue weighted by Gasteiger charge is -2.11. The number of rotatable bonds is 1. The zero-order valence-electron chi connectivity index (χ0n) is 12.8. The Hall–Kier alpha value is -1.92. The average Bonchev–Trinajstić information content (AvgIpc) is 2.66. The molecule has 0 saturated carbocycles. The number of hydrogen-bond acceptors (Lipinski definition) is 4. The number of aliphatic hydroxyl groups excluding tert-OH is 2. The summed E-state index contributed by atoms with van der Waals surface area (Å²) in [5.41, 5.74) is 2.18. The van der Waals surface area contributed by atoms with Crippen LogP contribution < -0.4 is 5.32 Å². The monoisotopic (exact) mass is 366 g/mol. The first-order chi connectivity index (χ1) is 11.5. The van der Waals surface area contributed by atoms with Crippen molar-refractivity contribution in [3.05, 3.63) is 63.6 Å². The molecule has 2 aromatic rings. The van der Waals surface area contributed by atoms with E-state index >= 15 is 0 Å². The fourth-order valence-corrected chi connectivity index (χ4v) is 2.53. The number of nitrogens with one attached hydrogen (secondary N) is 1. The molecular weight excluding hydrogens is 351 g/mol. The predicted molar refractivity (Wildman–Crippen MR) is 95.9 cm³/mol. The number of amides is 1. The van der Waals surface area contributed by atoms with Gasteiger partial charge >= 0.3 is 0 Å². The number of anilines is 1. The number of aliphatic imine (C=N–C) groups is 1. The first kappa shape index (κ1) is 18.4. The molecule has 3 rings (SSSR count). The molecule has 1 atom stereocenters. The Morgan fingerprint density at radius 1 is 1.17 bits per heavy atom. The Morgan fingerprint density at radius 2 is 1.83 bits per heavy atom. The smallest absolute Gasteiger partial charge is 0.276 e. The molecule has 7 heteroatoms. The van der Waals surface area contributed by atoms with Crippen LogP contribution in [0, 0.1) is 0 Å². The Balaban J connectivity index is 0.000000647. The van der Waals surface area contributed by atoms with E-state index in [2.05, 4.69) is 10.3 Å². The fourth-order valence-electron chi connectivity index (χ4n) is 2.14. The van der Waals surface area contributed by atoms with Gasteiger partial charge in [-0.1, -0.05) is 41.4 Å². The molecule has 1 aliphatic rings. The van der Waals surface area contributed by atoms with Gasteiger partial charge in [0.25, 0.3) is 5.91 Å². The number of hydrogen-bond donors (Lipinski definition) is 3. The van der Waals surface area contributed by atoms with Gasteiger partial charge in [0, 0.05) is 27.8 Å². The van der Waals surface area contributed by atoms with E-state index < -0.39 is 12.1 Å². The van der Waals surface area contributed by atoms with E-state index in [0.717, 1.165) is 0 Å². The van der Waals surface area contributed by atoms with Crippen LogP contribution in [0.5, 0.6) is 0 Å². The van der Waals surface area contributed by atoms with E-state index in [-0.39, 0.29) is 6.61 Å². The summed E-state index contributed by atoms with van der Waals surface area (Å²) in [6.07, 6.45) is -1.50. The standard InChI is InChI=1S/C15H10Cl2N2O2.C2H6O/c16-8-5-6-12-10(7-8)13(19-15(21)14(20)18-12)9-3-1-2-4-11(9)17;1-2-3/h1-7,15,21H,(H,18,20);3H,2H2,1H3. The Bertz CT molecular complexity index is 778. The maximum atomic E-state index is 11.8. The molecule has 2 aromatic carbocycles. The topological polar surface area (TPSA) is 81.9 Å². The summed E-state index contributed by atoms with van der Waals surface area (Å²) in [4.78, 5) is 15.9. The maximum absolute atomic E-state index is 11.8. The van der Waals surface area contributed by atoms with Crippen LogP contribution in [-0.4, -0.2) is 34.7 Å². The second kappa shape index (κ2) is 8.26. The summed E-state index contributed by atoms with van der Waals surface area (Å²) >= 11 is 12.2. The third-order valence-corrected chi connectivity index (χ3v) is 3.67. The van der Waals surface area contributed by atoms with Crippen molar-refractivity contribution in [3.63, 3.8) is 0 Å². The molecule has 1 unspecified atom stereocenters. The second-order valence-electron chi connectivity index (χ2n) is 4.83. The number of halogens is 2. The van der Waals surface area contributed by atoms with Crippen molar-refractivity contribution in [2.45, 2.75) is 13.2 Å². The maximum Gasteiger partial charge on any atom is 0.276 e. The number of benzene rings is 2. The summed E-state index contributed by atoms with van der Waals surface area (Å²) in [5.74, 6) is -0.597. The molecule has 0 aromatic heterocycles. The van der Waals surface area contributed by atoms with Crippen molar-refractivity contribution in [1.82, 2.24) is 0 Å². The first-order valence-corrected chi connectivity index (χ1v) is 7.96. The van der Waals surface area contributed by atoms with E-state index in [1.54, 1.807) is 49.4 Å². The van der Waals surface area contributed by atoms with Crippen molar-refractivity contribution < 1.29 is 15.0 Å². The van der Waals surface area contributed by atoms with Crippen LogP contribution in [0.15, 0.2) is 47.5 Å². The number of carbonyl (C=O) groups is 1. The Morgan fingerprint density at radius 3 is 2.50 bits per heavy atom. The molecule has 0 saturated heterocycles. The predicted octanol–water partition coefficient (Wildman–Crippen LogP) is 3.10. The highest BCUT2D eigenvalue weighted by Crippen LogP contribution is 2.29. The summed E-state index contributed by atoms with van der Waals surface area (Å²) in [7, 11) is 0. The fraction of sp³-hybridized carbons (Fsp3) is 0.176. The summed E-state index contributed by atoms with van der Waals surface area (Å²) < 4.78 is 0. The number of carbonyl (C=O) groups excluding carboxylic acids is 1. The van der Waals surface area contributed by atoms with Crippen LogP contribution >= 0.6 is 23.2 Å². The number of nitrogens with zero attached hydrogens (tertiary/aromatic N) is 1. The molecule has 1 amide bonds. The van der Waals surface area contributed by atoms with Crippen molar-refractivity contribution in [2.75, 3.05) is 11.9 Å². The summed E-state index contributed by atoms with van der Waals surface area (Å²) in [5, 5.41) is 21.0. The quantitative estimate of drug-likeness (QED) is 0.725. The molecule has 0 spiro atoms. The van der Waals surface area contributed by atoms with Crippen LogP contribution in [0.3, 0.4) is 0 Å². The van der Waals surface area contributed by atoms with Gasteiger partial charge in [-0.15, -0.1) is 0 Å². The molecule has 0 bridgehead atoms. The van der Waals surface area contributed by atoms with Gasteiger partial charge in [0.05, 0.1) is 11.4 Å². The molecular formula is C17H16Cl2N2O3. The first-order valence-electron chi connectivity index (χ1n) is 7.20. The van der Waals surface area contributed by atoms with Crippen LogP contribution in [0.25, 0.3) is 0 Å². The molecule has 1 aliphatic heterocycles. The lowest BCUT2D eigenvalue weighted by molar-refractivity contribution is -0.123. The molecule has 0 fully saturated rings. The minimum atomic E-state index is -1.50. The number of fused-ring (bicyclic) bond motifs is 1. The second-order valence-corrected chi connectivity index (χ2v) is 5.67. The van der Waals surface area contributed by atoms with Crippen molar-refractivity contribution in [2.24, 2.45) is 4.99 Å². The zero-order chi connectivity index (χ0) is 17.7. The summed E-state index contributed by atoms with van der Waals surface area (Å²) in [6, 6.07) is 12.1. The molecule has 0 radical (unpaired) electrons. The highest BCUT2D eigenvalue weighted by atomic mass is 35.5. The van der Waals surface area contributed by atoms with Crippen molar-refractivity contribution >= 4 is 40.5 Å². The molecule has 1 heterocycles. The Labute approximate surface area is 149 Å². The third-order valence-electron chi connectivity index (χ3n) is 3.11. The number of aliphatic hydroxyl groups is 2. The van der Waals surface area contributed by atoms with Gasteiger partial charge in [0.1, 0.15) is 0 Å². The number of benzodiazepines with no additional fused rings is 1. The highest BCUT2D eigenvalue weighted by molar-refractivity contribution is 6.36. The van der Waals surface area contributed by atoms with Gasteiger partial charge in [-0.05, 0) is 31.2 Å². The summed E-state index contributed by atoms with van der Waals surface area (Å²) in [6.45, 7) is 1.93. The van der Waals surface area contributed by atoms with Crippen LogP contribution in [0.2, 0.25) is 10.0 Å². The van der Waals surface area contributed by atoms with Gasteiger partial charge in [0.15, 0.2) is 0 Å². The average molecular weight is 367 g/mol. The van der Waals surface area contributed by atoms with Gasteiger partial charge in [-0.3, -0.25) is 4.79 Å². The lowest BCUT2D eigenvalue weighted by atomic mass is 10.0. The third kappa shape index (κ3) is 4.13. The van der Waals surface area contributed by atoms with Crippen molar-refractivity contribution in [1.29, 1.82) is 0 Å². The van der Waals surface area contributed by atoms with E-state index in [1.165, 1.54) is 0 Å². The minimum Gasteiger partial charge on any atom is -0.397 e. The van der Waals surface area contributed by atoms with E-state index in [1.807, 2.05) is 0 Å². The minimum absolute atomic E-state index is 0.250. The molecule has 126 valence electrons. The zero-order valence-corrected chi connectivity index (χ0v) is 14.3. The molecule has 24 heavy (non-hydrogen) atoms. The van der Waals surface area contributed by atoms with Crippen LogP contribution in [0.1, 0.15) is 18.1 Å². The van der Waals surface area contributed by atoms with E-state index in [9.17, 15) is 9.90 Å². The van der Waals surface area contributed by atoms with Crippen LogP contribution in [0.4, 0.5) is 5.69 Å². The molecule has 3 N–H and O–H groups in total. The van der Waals surface area contributed by atoms with Gasteiger partial charge in [-0.2, -0.15) is 0 Å². The normalized spacial score (nSPS) is 16.1.